The van der Waals surface area contributed by atoms with Crippen molar-refractivity contribution in [2.45, 2.75) is 29.6 Å². The van der Waals surface area contributed by atoms with E-state index in [0.29, 0.717) is 0 Å². The van der Waals surface area contributed by atoms with Crippen molar-refractivity contribution in [2.24, 2.45) is 0 Å². The third kappa shape index (κ3) is 3.64. The van der Waals surface area contributed by atoms with Crippen LogP contribution in [0.4, 0.5) is 5.82 Å². The van der Waals surface area contributed by atoms with Gasteiger partial charge in [0.1, 0.15) is 23.0 Å². The Labute approximate surface area is 108 Å². The van der Waals surface area contributed by atoms with Crippen LogP contribution in [-0.2, 0) is 0 Å². The average Bonchev–Trinajstić information content (AvgIpc) is 2.73. The molecular weight excluding hydrogens is 254 g/mol. The normalized spacial score (nSPS) is 10.5. The highest BCUT2D eigenvalue weighted by Crippen LogP contribution is 2.27. The van der Waals surface area contributed by atoms with Crippen LogP contribution in [-0.4, -0.2) is 25.9 Å². The molecule has 0 atom stereocenters. The van der Waals surface area contributed by atoms with Crippen molar-refractivity contribution in [3.63, 3.8) is 0 Å². The van der Waals surface area contributed by atoms with Crippen molar-refractivity contribution >= 4 is 29.1 Å². The number of hydrogen-bond acceptors (Lipinski definition) is 7. The van der Waals surface area contributed by atoms with Crippen molar-refractivity contribution in [2.75, 3.05) is 11.9 Å². The molecule has 0 bridgehead atoms. The van der Waals surface area contributed by atoms with Gasteiger partial charge in [-0.05, 0) is 36.6 Å². The number of nitrogens with zero attached hydrogens (tertiary/aromatic N) is 4. The van der Waals surface area contributed by atoms with Gasteiger partial charge in [-0.15, -0.1) is 0 Å². The fourth-order valence-corrected chi connectivity index (χ4v) is 2.72. The maximum Gasteiger partial charge on any atom is 0.176 e. The number of rotatable bonds is 5. The highest BCUT2D eigenvalue weighted by Gasteiger charge is 2.05. The SMILES string of the molecule is CCCNc1cc(Sc2nc(C)ns2)ncn1. The van der Waals surface area contributed by atoms with E-state index in [1.54, 1.807) is 6.33 Å². The zero-order chi connectivity index (χ0) is 12.1. The molecule has 0 aliphatic heterocycles. The van der Waals surface area contributed by atoms with Crippen LogP contribution in [0.15, 0.2) is 21.8 Å². The Bertz CT molecular complexity index is 485. The monoisotopic (exact) mass is 267 g/mol. The number of aryl methyl sites for hydroxylation is 1. The van der Waals surface area contributed by atoms with Gasteiger partial charge in [0.05, 0.1) is 0 Å². The molecule has 0 unspecified atom stereocenters. The van der Waals surface area contributed by atoms with Crippen molar-refractivity contribution < 1.29 is 0 Å². The van der Waals surface area contributed by atoms with Gasteiger partial charge in [0.25, 0.3) is 0 Å². The van der Waals surface area contributed by atoms with E-state index in [1.165, 1.54) is 23.3 Å². The quantitative estimate of drug-likeness (QED) is 0.840. The molecule has 90 valence electrons. The molecule has 1 N–H and O–H groups in total. The zero-order valence-electron chi connectivity index (χ0n) is 9.67. The minimum atomic E-state index is 0.802. The first-order chi connectivity index (χ1) is 8.28. The molecular formula is C10H13N5S2. The molecule has 0 fully saturated rings. The van der Waals surface area contributed by atoms with Crippen LogP contribution in [0.3, 0.4) is 0 Å². The van der Waals surface area contributed by atoms with E-state index in [-0.39, 0.29) is 0 Å². The van der Waals surface area contributed by atoms with E-state index < -0.39 is 0 Å². The number of aromatic nitrogens is 4. The summed E-state index contributed by atoms with van der Waals surface area (Å²) in [7, 11) is 0. The molecule has 0 saturated carbocycles. The fraction of sp³-hybridized carbons (Fsp3) is 0.400. The van der Waals surface area contributed by atoms with E-state index in [1.807, 2.05) is 13.0 Å². The highest BCUT2D eigenvalue weighted by atomic mass is 32.2. The van der Waals surface area contributed by atoms with Gasteiger partial charge in [0, 0.05) is 12.6 Å². The molecule has 17 heavy (non-hydrogen) atoms. The van der Waals surface area contributed by atoms with Crippen molar-refractivity contribution in [3.8, 4) is 0 Å². The van der Waals surface area contributed by atoms with Crippen LogP contribution in [0, 0.1) is 6.92 Å². The van der Waals surface area contributed by atoms with Crippen molar-refractivity contribution in [3.05, 3.63) is 18.2 Å². The molecule has 0 aliphatic rings. The Hall–Kier alpha value is -1.21. The van der Waals surface area contributed by atoms with Gasteiger partial charge in [-0.25, -0.2) is 15.0 Å². The van der Waals surface area contributed by atoms with Crippen LogP contribution in [0.5, 0.6) is 0 Å². The van der Waals surface area contributed by atoms with E-state index >= 15 is 0 Å². The van der Waals surface area contributed by atoms with E-state index in [2.05, 4.69) is 31.6 Å². The molecule has 0 aromatic carbocycles. The molecule has 7 heteroatoms. The Kier molecular flexibility index (Phi) is 4.27. The predicted octanol–water partition coefficient (Wildman–Crippen LogP) is 2.61. The van der Waals surface area contributed by atoms with Crippen LogP contribution < -0.4 is 5.32 Å². The Morgan fingerprint density at radius 2 is 2.29 bits per heavy atom. The Morgan fingerprint density at radius 3 is 3.00 bits per heavy atom. The first-order valence-corrected chi connectivity index (χ1v) is 6.91. The molecule has 2 aromatic heterocycles. The van der Waals surface area contributed by atoms with Crippen LogP contribution in [0.25, 0.3) is 0 Å². The average molecular weight is 267 g/mol. The van der Waals surface area contributed by atoms with Crippen LogP contribution in [0.2, 0.25) is 0 Å². The van der Waals surface area contributed by atoms with Crippen LogP contribution >= 0.6 is 23.3 Å². The van der Waals surface area contributed by atoms with Crippen molar-refractivity contribution in [1.82, 2.24) is 19.3 Å². The first-order valence-electron chi connectivity index (χ1n) is 5.32. The summed E-state index contributed by atoms with van der Waals surface area (Å²) in [6.45, 7) is 4.92. The van der Waals surface area contributed by atoms with Crippen LogP contribution in [0.1, 0.15) is 19.2 Å². The minimum Gasteiger partial charge on any atom is -0.370 e. The summed E-state index contributed by atoms with van der Waals surface area (Å²) in [5.41, 5.74) is 0. The summed E-state index contributed by atoms with van der Waals surface area (Å²) in [5.74, 6) is 1.65. The molecule has 0 aliphatic carbocycles. The van der Waals surface area contributed by atoms with Gasteiger partial charge in [0.15, 0.2) is 4.34 Å². The summed E-state index contributed by atoms with van der Waals surface area (Å²) in [6.07, 6.45) is 2.64. The topological polar surface area (TPSA) is 63.6 Å². The standard InChI is InChI=1S/C10H13N5S2/c1-3-4-11-8-5-9(13-6-12-8)16-10-14-7(2)15-17-10/h5-6H,3-4H2,1-2H3,(H,11,12,13). The molecule has 2 heterocycles. The minimum absolute atomic E-state index is 0.802. The molecule has 2 aromatic rings. The van der Waals surface area contributed by atoms with Gasteiger partial charge in [-0.3, -0.25) is 0 Å². The molecule has 0 saturated heterocycles. The second kappa shape index (κ2) is 5.92. The molecule has 5 nitrogen and oxygen atoms in total. The third-order valence-electron chi connectivity index (χ3n) is 1.90. The molecule has 0 radical (unpaired) electrons. The molecule has 0 amide bonds. The fourth-order valence-electron chi connectivity index (χ4n) is 1.15. The summed E-state index contributed by atoms with van der Waals surface area (Å²) in [5, 5.41) is 4.11. The summed E-state index contributed by atoms with van der Waals surface area (Å²) in [6, 6.07) is 1.93. The maximum absolute atomic E-state index is 4.29. The summed E-state index contributed by atoms with van der Waals surface area (Å²) >= 11 is 2.90. The molecule has 2 rings (SSSR count). The lowest BCUT2D eigenvalue weighted by atomic mass is 10.4. The summed E-state index contributed by atoms with van der Waals surface area (Å²) in [4.78, 5) is 12.6. The van der Waals surface area contributed by atoms with Gasteiger partial charge in [-0.2, -0.15) is 4.37 Å². The largest absolute Gasteiger partial charge is 0.370 e. The van der Waals surface area contributed by atoms with Crippen molar-refractivity contribution in [1.29, 1.82) is 0 Å². The number of nitrogens with one attached hydrogen (secondary N) is 1. The van der Waals surface area contributed by atoms with Gasteiger partial charge >= 0.3 is 0 Å². The zero-order valence-corrected chi connectivity index (χ0v) is 11.3. The summed E-state index contributed by atoms with van der Waals surface area (Å²) < 4.78 is 5.04. The Morgan fingerprint density at radius 1 is 1.41 bits per heavy atom. The Balaban J connectivity index is 2.05. The second-order valence-corrected chi connectivity index (χ2v) is 5.40. The van der Waals surface area contributed by atoms with E-state index in [4.69, 9.17) is 0 Å². The number of hydrogen-bond donors (Lipinski definition) is 1. The predicted molar refractivity (Wildman–Crippen MR) is 69.6 cm³/mol. The van der Waals surface area contributed by atoms with E-state index in [9.17, 15) is 0 Å². The maximum atomic E-state index is 4.29. The number of anilines is 1. The highest BCUT2D eigenvalue weighted by molar-refractivity contribution is 8.00. The van der Waals surface area contributed by atoms with E-state index in [0.717, 1.165) is 34.0 Å². The second-order valence-electron chi connectivity index (χ2n) is 3.38. The van der Waals surface area contributed by atoms with Gasteiger partial charge in [-0.1, -0.05) is 6.92 Å². The lowest BCUT2D eigenvalue weighted by molar-refractivity contribution is 0.952. The van der Waals surface area contributed by atoms with Gasteiger partial charge < -0.3 is 5.32 Å². The van der Waals surface area contributed by atoms with Gasteiger partial charge in [0.2, 0.25) is 0 Å². The first kappa shape index (κ1) is 12.3. The lowest BCUT2D eigenvalue weighted by Gasteiger charge is -2.03. The molecule has 0 spiro atoms. The lowest BCUT2D eigenvalue weighted by Crippen LogP contribution is -2.02. The smallest absolute Gasteiger partial charge is 0.176 e. The third-order valence-corrected chi connectivity index (χ3v) is 3.67.